The molecule has 0 radical (unpaired) electrons. The molecule has 0 saturated carbocycles. The molecule has 7 heteroatoms. The van der Waals surface area contributed by atoms with E-state index in [1.807, 2.05) is 5.38 Å². The predicted octanol–water partition coefficient (Wildman–Crippen LogP) is 0.871. The molecule has 1 unspecified atom stereocenters. The Kier molecular flexibility index (Phi) is 5.57. The number of rotatable bonds is 5. The third kappa shape index (κ3) is 4.72. The van der Waals surface area contributed by atoms with Crippen molar-refractivity contribution >= 4 is 28.8 Å². The van der Waals surface area contributed by atoms with Gasteiger partial charge in [-0.05, 0) is 7.05 Å². The van der Waals surface area contributed by atoms with Crippen molar-refractivity contribution in [1.82, 2.24) is 15.2 Å². The number of aromatic nitrogens is 1. The zero-order valence-corrected chi connectivity index (χ0v) is 12.5. The molecule has 2 heterocycles. The van der Waals surface area contributed by atoms with Gasteiger partial charge in [0.25, 0.3) is 0 Å². The molecule has 1 saturated heterocycles. The summed E-state index contributed by atoms with van der Waals surface area (Å²) in [4.78, 5) is 18.3. The minimum atomic E-state index is -0.0210. The first kappa shape index (κ1) is 14.7. The Hall–Kier alpha value is -0.690. The van der Waals surface area contributed by atoms with Crippen molar-refractivity contribution in [1.29, 1.82) is 0 Å². The molecule has 1 fully saturated rings. The van der Waals surface area contributed by atoms with Crippen molar-refractivity contribution in [2.45, 2.75) is 18.4 Å². The average Bonchev–Trinajstić information content (AvgIpc) is 2.84. The van der Waals surface area contributed by atoms with Crippen LogP contribution in [0.3, 0.4) is 0 Å². The number of nitrogens with zero attached hydrogens (tertiary/aromatic N) is 2. The molecule has 19 heavy (non-hydrogen) atoms. The minimum absolute atomic E-state index is 0.0210. The van der Waals surface area contributed by atoms with Crippen LogP contribution < -0.4 is 5.32 Å². The molecule has 0 spiro atoms. The maximum absolute atomic E-state index is 11.8. The smallest absolute Gasteiger partial charge is 0.226 e. The first-order chi connectivity index (χ1) is 9.17. The van der Waals surface area contributed by atoms with Crippen LogP contribution in [0, 0.1) is 0 Å². The van der Waals surface area contributed by atoms with Crippen LogP contribution in [-0.4, -0.2) is 55.2 Å². The highest BCUT2D eigenvalue weighted by molar-refractivity contribution is 7.09. The van der Waals surface area contributed by atoms with Crippen molar-refractivity contribution in [3.05, 3.63) is 16.1 Å². The van der Waals surface area contributed by atoms with Crippen molar-refractivity contribution in [3.8, 4) is 0 Å². The summed E-state index contributed by atoms with van der Waals surface area (Å²) in [5, 5.41) is 5.58. The van der Waals surface area contributed by atoms with E-state index < -0.39 is 0 Å². The van der Waals surface area contributed by atoms with Gasteiger partial charge in [-0.1, -0.05) is 0 Å². The lowest BCUT2D eigenvalue weighted by atomic mass is 10.2. The van der Waals surface area contributed by atoms with E-state index >= 15 is 0 Å². The normalized spacial score (nSPS) is 20.4. The van der Waals surface area contributed by atoms with Gasteiger partial charge in [0, 0.05) is 25.0 Å². The third-order valence-electron chi connectivity index (χ3n) is 2.92. The molecule has 0 aromatic carbocycles. The summed E-state index contributed by atoms with van der Waals surface area (Å²) in [5.74, 6) is 0.368. The molecule has 2 rings (SSSR count). The monoisotopic (exact) mass is 303 g/mol. The van der Waals surface area contributed by atoms with E-state index in [-0.39, 0.29) is 12.0 Å². The van der Waals surface area contributed by atoms with Crippen LogP contribution in [-0.2, 0) is 21.8 Å². The summed E-state index contributed by atoms with van der Waals surface area (Å²) >= 11 is 7.14. The zero-order valence-electron chi connectivity index (χ0n) is 10.9. The van der Waals surface area contributed by atoms with Gasteiger partial charge in [0.05, 0.1) is 30.7 Å². The molecule has 106 valence electrons. The number of carbonyl (C=O) groups excluding carboxylic acids is 1. The molecule has 0 aliphatic carbocycles. The molecule has 1 aliphatic heterocycles. The van der Waals surface area contributed by atoms with Crippen molar-refractivity contribution in [2.75, 3.05) is 33.3 Å². The molecule has 1 aromatic rings. The second kappa shape index (κ2) is 7.19. The molecule has 1 aromatic heterocycles. The molecular weight excluding hydrogens is 286 g/mol. The lowest BCUT2D eigenvalue weighted by molar-refractivity contribution is -0.121. The highest BCUT2D eigenvalue weighted by atomic mass is 35.5. The number of amides is 1. The number of nitrogens with one attached hydrogen (secondary N) is 1. The Labute approximate surface area is 121 Å². The second-order valence-corrected chi connectivity index (χ2v) is 5.81. The molecule has 1 amide bonds. The number of likely N-dealkylation sites (N-methyl/N-ethyl adjacent to an activating group) is 1. The Morgan fingerprint density at radius 3 is 3.26 bits per heavy atom. The van der Waals surface area contributed by atoms with E-state index in [2.05, 4.69) is 22.2 Å². The molecule has 1 atom stereocenters. The number of hydrogen-bond donors (Lipinski definition) is 1. The van der Waals surface area contributed by atoms with Crippen molar-refractivity contribution < 1.29 is 9.53 Å². The fourth-order valence-corrected chi connectivity index (χ4v) is 2.93. The van der Waals surface area contributed by atoms with Crippen LogP contribution in [0.25, 0.3) is 0 Å². The van der Waals surface area contributed by atoms with Gasteiger partial charge in [0.1, 0.15) is 5.01 Å². The van der Waals surface area contributed by atoms with Crippen LogP contribution in [0.5, 0.6) is 0 Å². The second-order valence-electron chi connectivity index (χ2n) is 4.60. The Morgan fingerprint density at radius 1 is 1.74 bits per heavy atom. The van der Waals surface area contributed by atoms with Crippen LogP contribution in [0.15, 0.2) is 5.38 Å². The van der Waals surface area contributed by atoms with Gasteiger partial charge in [-0.3, -0.25) is 4.79 Å². The number of hydrogen-bond acceptors (Lipinski definition) is 5. The lowest BCUT2D eigenvalue weighted by Crippen LogP contribution is -2.46. The highest BCUT2D eigenvalue weighted by Gasteiger charge is 2.18. The summed E-state index contributed by atoms with van der Waals surface area (Å²) in [6, 6.07) is 0. The van der Waals surface area contributed by atoms with Gasteiger partial charge in [-0.2, -0.15) is 0 Å². The van der Waals surface area contributed by atoms with Gasteiger partial charge in [0.2, 0.25) is 5.91 Å². The third-order valence-corrected chi connectivity index (χ3v) is 4.09. The summed E-state index contributed by atoms with van der Waals surface area (Å²) in [7, 11) is 2.06. The largest absolute Gasteiger partial charge is 0.374 e. The van der Waals surface area contributed by atoms with Crippen LogP contribution >= 0.6 is 22.9 Å². The fraction of sp³-hybridized carbons (Fsp3) is 0.667. The number of alkyl halides is 1. The molecule has 1 N–H and O–H groups in total. The number of ether oxygens (including phenoxy) is 1. The lowest BCUT2D eigenvalue weighted by Gasteiger charge is -2.30. The highest BCUT2D eigenvalue weighted by Crippen LogP contribution is 2.12. The molecule has 1 aliphatic rings. The zero-order chi connectivity index (χ0) is 13.7. The molecule has 0 bridgehead atoms. The van der Waals surface area contributed by atoms with Gasteiger partial charge in [0.15, 0.2) is 0 Å². The summed E-state index contributed by atoms with van der Waals surface area (Å²) in [6.45, 7) is 3.08. The van der Waals surface area contributed by atoms with Crippen molar-refractivity contribution in [3.63, 3.8) is 0 Å². The van der Waals surface area contributed by atoms with E-state index in [1.165, 1.54) is 11.3 Å². The summed E-state index contributed by atoms with van der Waals surface area (Å²) in [5.41, 5.74) is 0.826. The standard InChI is InChI=1S/C12H18ClN3O2S/c1-16-2-3-18-10(7-16)6-14-11(17)4-12-15-9(5-13)8-19-12/h8,10H,2-7H2,1H3,(H,14,17). The quantitative estimate of drug-likeness (QED) is 0.820. The van der Waals surface area contributed by atoms with Crippen molar-refractivity contribution in [2.24, 2.45) is 0 Å². The predicted molar refractivity (Wildman–Crippen MR) is 75.6 cm³/mol. The topological polar surface area (TPSA) is 54.5 Å². The summed E-state index contributed by atoms with van der Waals surface area (Å²) < 4.78 is 5.58. The average molecular weight is 304 g/mol. The Bertz CT molecular complexity index is 427. The van der Waals surface area contributed by atoms with Gasteiger partial charge in [-0.15, -0.1) is 22.9 Å². The minimum Gasteiger partial charge on any atom is -0.374 e. The van der Waals surface area contributed by atoms with E-state index in [9.17, 15) is 4.79 Å². The molecule has 5 nitrogen and oxygen atoms in total. The van der Waals surface area contributed by atoms with E-state index in [1.54, 1.807) is 0 Å². The number of carbonyl (C=O) groups is 1. The van der Waals surface area contributed by atoms with Crippen LogP contribution in [0.1, 0.15) is 10.7 Å². The Balaban J connectivity index is 1.72. The van der Waals surface area contributed by atoms with Gasteiger partial charge < -0.3 is 15.0 Å². The summed E-state index contributed by atoms with van der Waals surface area (Å²) in [6.07, 6.45) is 0.391. The first-order valence-corrected chi connectivity index (χ1v) is 7.65. The number of morpholine rings is 1. The maximum atomic E-state index is 11.8. The SMILES string of the molecule is CN1CCOC(CNC(=O)Cc2nc(CCl)cs2)C1. The molecular formula is C12H18ClN3O2S. The van der Waals surface area contributed by atoms with E-state index in [0.717, 1.165) is 30.4 Å². The number of halogens is 1. The van der Waals surface area contributed by atoms with E-state index in [4.69, 9.17) is 16.3 Å². The van der Waals surface area contributed by atoms with Gasteiger partial charge in [-0.25, -0.2) is 4.98 Å². The van der Waals surface area contributed by atoms with Crippen LogP contribution in [0.4, 0.5) is 0 Å². The van der Waals surface area contributed by atoms with Gasteiger partial charge >= 0.3 is 0 Å². The van der Waals surface area contributed by atoms with E-state index in [0.29, 0.717) is 18.8 Å². The number of thiazole rings is 1. The van der Waals surface area contributed by atoms with Crippen LogP contribution in [0.2, 0.25) is 0 Å². The Morgan fingerprint density at radius 2 is 2.58 bits per heavy atom. The first-order valence-electron chi connectivity index (χ1n) is 6.23. The fourth-order valence-electron chi connectivity index (χ4n) is 1.91. The maximum Gasteiger partial charge on any atom is 0.226 e.